The van der Waals surface area contributed by atoms with Crippen molar-refractivity contribution in [2.75, 3.05) is 24.4 Å². The van der Waals surface area contributed by atoms with Crippen molar-refractivity contribution < 1.29 is 4.28 Å². The molecule has 0 aliphatic rings. The molecule has 0 unspecified atom stereocenters. The lowest BCUT2D eigenvalue weighted by Gasteiger charge is -2.22. The fourth-order valence-electron chi connectivity index (χ4n) is 2.11. The van der Waals surface area contributed by atoms with E-state index in [1.807, 2.05) is 49.5 Å². The number of anilines is 1. The molecule has 0 radical (unpaired) electrons. The highest BCUT2D eigenvalue weighted by atomic mass is 32.2. The second-order valence-electron chi connectivity index (χ2n) is 4.94. The molecule has 140 valence electrons. The van der Waals surface area contributed by atoms with Crippen molar-refractivity contribution in [2.24, 2.45) is 0 Å². The summed E-state index contributed by atoms with van der Waals surface area (Å²) in [5.74, 6) is 0. The van der Waals surface area contributed by atoms with Crippen LogP contribution in [0.25, 0.3) is 11.1 Å². The number of hydrogen-bond donors (Lipinski definition) is 0. The molecule has 0 aliphatic carbocycles. The van der Waals surface area contributed by atoms with Crippen molar-refractivity contribution >= 4 is 31.4 Å². The molecule has 6 heteroatoms. The average Bonchev–Trinajstić information content (AvgIpc) is 2.64. The summed E-state index contributed by atoms with van der Waals surface area (Å²) in [6.45, 7) is 11.9. The van der Waals surface area contributed by atoms with Crippen LogP contribution in [-0.4, -0.2) is 30.2 Å². The minimum Gasteiger partial charge on any atom is -0.295 e. The Morgan fingerprint density at radius 2 is 1.64 bits per heavy atom. The minimum absolute atomic E-state index is 0. The molecule has 4 nitrogen and oxygen atoms in total. The van der Waals surface area contributed by atoms with Gasteiger partial charge in [-0.05, 0) is 30.7 Å². The molecule has 2 aromatic rings. The summed E-state index contributed by atoms with van der Waals surface area (Å²) < 4.78 is 7.67. The van der Waals surface area contributed by atoms with E-state index in [9.17, 15) is 0 Å². The highest BCUT2D eigenvalue weighted by Crippen LogP contribution is 2.27. The topological polar surface area (TPSA) is 28.6 Å². The monoisotopic (exact) mass is 381 g/mol. The summed E-state index contributed by atoms with van der Waals surface area (Å²) in [6.07, 6.45) is 1.82. The third kappa shape index (κ3) is 7.28. The van der Waals surface area contributed by atoms with Crippen molar-refractivity contribution in [2.45, 2.75) is 34.6 Å². The number of rotatable bonds is 7. The molecule has 0 aliphatic heterocycles. The van der Waals surface area contributed by atoms with Crippen molar-refractivity contribution in [3.63, 3.8) is 0 Å². The molecule has 0 saturated carbocycles. The summed E-state index contributed by atoms with van der Waals surface area (Å²) >= 11 is 1.34. The van der Waals surface area contributed by atoms with Crippen LogP contribution in [0.1, 0.15) is 33.4 Å². The van der Waals surface area contributed by atoms with Crippen molar-refractivity contribution in [1.29, 1.82) is 0 Å². The number of benzene rings is 1. The first-order valence-electron chi connectivity index (χ1n) is 8.51. The number of hydrogen-bond acceptors (Lipinski definition) is 5. The number of aryl methyl sites for hydroxylation is 1. The summed E-state index contributed by atoms with van der Waals surface area (Å²) in [4.78, 5) is 4.34. The van der Waals surface area contributed by atoms with E-state index in [-0.39, 0.29) is 13.5 Å². The molecule has 0 atom stereocenters. The minimum atomic E-state index is 0. The molecule has 0 spiro atoms. The van der Waals surface area contributed by atoms with E-state index in [0.29, 0.717) is 0 Å². The van der Waals surface area contributed by atoms with Crippen LogP contribution in [0, 0.1) is 6.92 Å². The number of aromatic nitrogens is 1. The molecule has 0 amide bonds. The molecule has 1 aromatic carbocycles. The first-order valence-corrected chi connectivity index (χ1v) is 9.21. The Bertz CT molecular complexity index is 589. The zero-order valence-electron chi connectivity index (χ0n) is 16.1. The molecule has 0 bridgehead atoms. The Balaban J connectivity index is 0.00000185. The van der Waals surface area contributed by atoms with Gasteiger partial charge in [0, 0.05) is 43.3 Å². The van der Waals surface area contributed by atoms with E-state index < -0.39 is 0 Å². The standard InChI is InChI=1S/C17H23N3OS.C2H6.H2S/c1-5-20(6-2)21-22-19(4)16-11-9-15(10-12-16)17-8-7-13-18-14(17)3;1-2;/h7-13H,5-6H2,1-4H3;1-2H3;1H2. The van der Waals surface area contributed by atoms with Crippen molar-refractivity contribution in [3.8, 4) is 11.1 Å². The maximum Gasteiger partial charge on any atom is 0.135 e. The zero-order chi connectivity index (χ0) is 17.9. The van der Waals surface area contributed by atoms with Crippen molar-refractivity contribution in [1.82, 2.24) is 10.0 Å². The van der Waals surface area contributed by atoms with E-state index in [2.05, 4.69) is 49.2 Å². The maximum atomic E-state index is 5.66. The lowest BCUT2D eigenvalue weighted by molar-refractivity contribution is -0.0266. The summed E-state index contributed by atoms with van der Waals surface area (Å²) in [6, 6.07) is 12.5. The third-order valence-electron chi connectivity index (χ3n) is 3.50. The molecule has 25 heavy (non-hydrogen) atoms. The smallest absolute Gasteiger partial charge is 0.135 e. The van der Waals surface area contributed by atoms with Gasteiger partial charge in [0.2, 0.25) is 0 Å². The summed E-state index contributed by atoms with van der Waals surface area (Å²) in [7, 11) is 2.00. The Labute approximate surface area is 164 Å². The molecule has 1 aromatic heterocycles. The molecule has 0 saturated heterocycles. The van der Waals surface area contributed by atoms with E-state index >= 15 is 0 Å². The van der Waals surface area contributed by atoms with Crippen LogP contribution in [0.4, 0.5) is 5.69 Å². The molecule has 0 fully saturated rings. The van der Waals surface area contributed by atoms with Gasteiger partial charge in [-0.25, -0.2) is 4.28 Å². The van der Waals surface area contributed by atoms with Gasteiger partial charge in [0.1, 0.15) is 12.2 Å². The van der Waals surface area contributed by atoms with Gasteiger partial charge in [-0.15, -0.1) is 0 Å². The summed E-state index contributed by atoms with van der Waals surface area (Å²) in [5.41, 5.74) is 4.49. The first-order chi connectivity index (χ1) is 11.7. The van der Waals surface area contributed by atoms with Crippen LogP contribution in [0.15, 0.2) is 42.6 Å². The first kappa shape index (κ1) is 23.8. The predicted octanol–water partition coefficient (Wildman–Crippen LogP) is 5.47. The molecular formula is C19H31N3OS2. The van der Waals surface area contributed by atoms with Gasteiger partial charge in [-0.3, -0.25) is 9.29 Å². The SMILES string of the molecule is CC.CCN(CC)OSN(C)c1ccc(-c2cccnc2C)cc1.S. The second kappa shape index (κ2) is 13.1. The van der Waals surface area contributed by atoms with Gasteiger partial charge in [-0.1, -0.05) is 45.9 Å². The highest BCUT2D eigenvalue weighted by Gasteiger charge is 2.07. The summed E-state index contributed by atoms with van der Waals surface area (Å²) in [5, 5.41) is 1.91. The number of hydroxylamine groups is 2. The van der Waals surface area contributed by atoms with E-state index in [0.717, 1.165) is 24.5 Å². The van der Waals surface area contributed by atoms with Gasteiger partial charge >= 0.3 is 0 Å². The number of nitrogens with zero attached hydrogens (tertiary/aromatic N) is 3. The van der Waals surface area contributed by atoms with E-state index in [1.165, 1.54) is 23.4 Å². The van der Waals surface area contributed by atoms with Crippen LogP contribution in [0.5, 0.6) is 0 Å². The van der Waals surface area contributed by atoms with Gasteiger partial charge in [0.25, 0.3) is 0 Å². The largest absolute Gasteiger partial charge is 0.295 e. The maximum absolute atomic E-state index is 5.66. The third-order valence-corrected chi connectivity index (χ3v) is 4.22. The fourth-order valence-corrected chi connectivity index (χ4v) is 2.72. The Kier molecular flexibility index (Phi) is 12.4. The van der Waals surface area contributed by atoms with E-state index in [4.69, 9.17) is 4.28 Å². The Morgan fingerprint density at radius 1 is 1.04 bits per heavy atom. The Morgan fingerprint density at radius 3 is 2.16 bits per heavy atom. The molecule has 1 heterocycles. The lowest BCUT2D eigenvalue weighted by Crippen LogP contribution is -2.22. The highest BCUT2D eigenvalue weighted by molar-refractivity contribution is 7.96. The van der Waals surface area contributed by atoms with Gasteiger partial charge in [0.15, 0.2) is 0 Å². The Hall–Kier alpha value is -1.21. The molecular weight excluding hydrogens is 350 g/mol. The second-order valence-corrected chi connectivity index (χ2v) is 5.79. The van der Waals surface area contributed by atoms with Crippen LogP contribution in [0.2, 0.25) is 0 Å². The lowest BCUT2D eigenvalue weighted by atomic mass is 10.0. The number of pyridine rings is 1. The van der Waals surface area contributed by atoms with Crippen LogP contribution in [-0.2, 0) is 4.28 Å². The van der Waals surface area contributed by atoms with Gasteiger partial charge < -0.3 is 0 Å². The van der Waals surface area contributed by atoms with Crippen LogP contribution in [0.3, 0.4) is 0 Å². The molecule has 0 N–H and O–H groups in total. The van der Waals surface area contributed by atoms with E-state index in [1.54, 1.807) is 0 Å². The van der Waals surface area contributed by atoms with Crippen LogP contribution >= 0.6 is 25.7 Å². The zero-order valence-corrected chi connectivity index (χ0v) is 17.9. The van der Waals surface area contributed by atoms with Crippen molar-refractivity contribution in [3.05, 3.63) is 48.3 Å². The van der Waals surface area contributed by atoms with Gasteiger partial charge in [-0.2, -0.15) is 18.6 Å². The normalized spacial score (nSPS) is 9.88. The quantitative estimate of drug-likeness (QED) is 0.360. The average molecular weight is 382 g/mol. The molecule has 2 rings (SSSR count). The van der Waals surface area contributed by atoms with Gasteiger partial charge in [0.05, 0.1) is 0 Å². The predicted molar refractivity (Wildman–Crippen MR) is 116 cm³/mol. The van der Waals surface area contributed by atoms with Crippen LogP contribution < -0.4 is 4.31 Å². The fraction of sp³-hybridized carbons (Fsp3) is 0.421.